The van der Waals surface area contributed by atoms with E-state index >= 15 is 0 Å². The third-order valence-electron chi connectivity index (χ3n) is 4.67. The summed E-state index contributed by atoms with van der Waals surface area (Å²) in [7, 11) is 1.65. The number of hydrogen-bond acceptors (Lipinski definition) is 5. The van der Waals surface area contributed by atoms with Gasteiger partial charge in [0.15, 0.2) is 5.82 Å². The molecule has 27 heavy (non-hydrogen) atoms. The first-order valence-electron chi connectivity index (χ1n) is 8.76. The Labute approximate surface area is 156 Å². The smallest absolute Gasteiger partial charge is 0.163 e. The maximum atomic E-state index is 9.26. The fourth-order valence-corrected chi connectivity index (χ4v) is 3.43. The second-order valence-corrected chi connectivity index (χ2v) is 6.32. The van der Waals surface area contributed by atoms with Crippen molar-refractivity contribution >= 4 is 10.9 Å². The number of imidazole rings is 1. The average Bonchev–Trinajstić information content (AvgIpc) is 3.25. The van der Waals surface area contributed by atoms with Crippen LogP contribution in [0.1, 0.15) is 11.4 Å². The van der Waals surface area contributed by atoms with Crippen LogP contribution < -0.4 is 4.74 Å². The fourth-order valence-electron chi connectivity index (χ4n) is 3.43. The number of methoxy groups -OCH3 is 1. The summed E-state index contributed by atoms with van der Waals surface area (Å²) in [6.45, 7) is 4.45. The Morgan fingerprint density at radius 2 is 2.00 bits per heavy atom. The van der Waals surface area contributed by atoms with Crippen molar-refractivity contribution in [1.29, 1.82) is 0 Å². The summed E-state index contributed by atoms with van der Waals surface area (Å²) >= 11 is 0. The number of hydrogen-bond donors (Lipinski definition) is 1. The average molecular weight is 363 g/mol. The number of aromatic nitrogens is 5. The molecule has 7 heteroatoms. The predicted octanol–water partition coefficient (Wildman–Crippen LogP) is 2.90. The van der Waals surface area contributed by atoms with Crippen LogP contribution in [0.2, 0.25) is 0 Å². The van der Waals surface area contributed by atoms with Gasteiger partial charge in [0.05, 0.1) is 37.3 Å². The summed E-state index contributed by atoms with van der Waals surface area (Å²) in [5.74, 6) is 1.47. The maximum absolute atomic E-state index is 9.26. The van der Waals surface area contributed by atoms with Crippen LogP contribution in [0.25, 0.3) is 28.1 Å². The number of nitrogens with zero attached hydrogens (tertiary/aromatic N) is 5. The third kappa shape index (κ3) is 2.86. The van der Waals surface area contributed by atoms with Gasteiger partial charge in [0, 0.05) is 17.8 Å². The minimum Gasteiger partial charge on any atom is -0.494 e. The van der Waals surface area contributed by atoms with Crippen LogP contribution in [0.5, 0.6) is 5.75 Å². The van der Waals surface area contributed by atoms with E-state index in [2.05, 4.69) is 10.1 Å². The summed E-state index contributed by atoms with van der Waals surface area (Å²) in [5, 5.41) is 14.8. The zero-order valence-corrected chi connectivity index (χ0v) is 15.5. The topological polar surface area (TPSA) is 78.0 Å². The van der Waals surface area contributed by atoms with Crippen molar-refractivity contribution in [3.63, 3.8) is 0 Å². The number of pyridine rings is 1. The fraction of sp³-hybridized carbons (Fsp3) is 0.250. The molecule has 0 saturated carbocycles. The van der Waals surface area contributed by atoms with Gasteiger partial charge in [-0.25, -0.2) is 9.97 Å². The number of para-hydroxylation sites is 1. The van der Waals surface area contributed by atoms with E-state index in [-0.39, 0.29) is 6.61 Å². The summed E-state index contributed by atoms with van der Waals surface area (Å²) in [5.41, 5.74) is 4.36. The van der Waals surface area contributed by atoms with E-state index in [0.29, 0.717) is 6.54 Å². The molecule has 4 aromatic rings. The molecular formula is C20H21N5O2. The summed E-state index contributed by atoms with van der Waals surface area (Å²) in [6, 6.07) is 9.84. The lowest BCUT2D eigenvalue weighted by Crippen LogP contribution is -2.07. The van der Waals surface area contributed by atoms with Crippen LogP contribution in [-0.2, 0) is 6.54 Å². The quantitative estimate of drug-likeness (QED) is 0.590. The second-order valence-electron chi connectivity index (χ2n) is 6.32. The van der Waals surface area contributed by atoms with Crippen LogP contribution in [-0.4, -0.2) is 43.1 Å². The van der Waals surface area contributed by atoms with Crippen molar-refractivity contribution in [2.75, 3.05) is 13.7 Å². The molecule has 0 amide bonds. The molecule has 3 heterocycles. The van der Waals surface area contributed by atoms with Crippen LogP contribution in [0, 0.1) is 13.8 Å². The van der Waals surface area contributed by atoms with Gasteiger partial charge in [-0.1, -0.05) is 18.2 Å². The van der Waals surface area contributed by atoms with Crippen molar-refractivity contribution in [3.8, 4) is 23.0 Å². The number of aryl methyl sites for hydroxylation is 1. The van der Waals surface area contributed by atoms with Crippen LogP contribution in [0.15, 0.2) is 42.7 Å². The molecule has 0 aliphatic heterocycles. The van der Waals surface area contributed by atoms with Gasteiger partial charge in [-0.15, -0.1) is 0 Å². The molecule has 3 aromatic heterocycles. The molecule has 0 aliphatic rings. The highest BCUT2D eigenvalue weighted by molar-refractivity contribution is 5.86. The van der Waals surface area contributed by atoms with E-state index in [9.17, 15) is 5.11 Å². The van der Waals surface area contributed by atoms with Gasteiger partial charge in [-0.2, -0.15) is 5.10 Å². The Balaban J connectivity index is 1.87. The van der Waals surface area contributed by atoms with E-state index in [4.69, 9.17) is 9.72 Å². The molecule has 0 spiro atoms. The van der Waals surface area contributed by atoms with Crippen LogP contribution in [0.4, 0.5) is 0 Å². The largest absolute Gasteiger partial charge is 0.494 e. The zero-order valence-electron chi connectivity index (χ0n) is 15.5. The highest BCUT2D eigenvalue weighted by atomic mass is 16.5. The number of ether oxygens (including phenoxy) is 1. The molecule has 1 aromatic carbocycles. The van der Waals surface area contributed by atoms with Crippen LogP contribution >= 0.6 is 0 Å². The SMILES string of the molecule is COc1cccc2ccc(-c3nccn3-c3c(C)nn(CCO)c3C)nc12. The van der Waals surface area contributed by atoms with Crippen LogP contribution in [0.3, 0.4) is 0 Å². The lowest BCUT2D eigenvalue weighted by Gasteiger charge is -2.10. The standard InChI is InChI=1S/C20H21N5O2/c1-13-19(14(2)25(23-13)11-12-26)24-10-9-21-20(24)16-8-7-15-5-4-6-17(27-3)18(15)22-16/h4-10,26H,11-12H2,1-3H3. The van der Waals surface area contributed by atoms with E-state index < -0.39 is 0 Å². The zero-order chi connectivity index (χ0) is 19.0. The molecule has 1 N–H and O–H groups in total. The predicted molar refractivity (Wildman–Crippen MR) is 103 cm³/mol. The Hall–Kier alpha value is -3.19. The van der Waals surface area contributed by atoms with Gasteiger partial charge in [0.1, 0.15) is 17.0 Å². The van der Waals surface area contributed by atoms with E-state index in [1.807, 2.05) is 59.6 Å². The monoisotopic (exact) mass is 363 g/mol. The third-order valence-corrected chi connectivity index (χ3v) is 4.67. The summed E-state index contributed by atoms with van der Waals surface area (Å²) in [6.07, 6.45) is 3.66. The summed E-state index contributed by atoms with van der Waals surface area (Å²) < 4.78 is 9.26. The van der Waals surface area contributed by atoms with Crippen molar-refractivity contribution in [1.82, 2.24) is 24.3 Å². The first kappa shape index (κ1) is 17.2. The van der Waals surface area contributed by atoms with Crippen molar-refractivity contribution < 1.29 is 9.84 Å². The minimum absolute atomic E-state index is 0.0458. The molecule has 0 bridgehead atoms. The lowest BCUT2D eigenvalue weighted by molar-refractivity contribution is 0.268. The molecule has 0 fully saturated rings. The van der Waals surface area contributed by atoms with E-state index in [1.165, 1.54) is 0 Å². The van der Waals surface area contributed by atoms with Crippen molar-refractivity contribution in [3.05, 3.63) is 54.1 Å². The molecular weight excluding hydrogens is 342 g/mol. The number of fused-ring (bicyclic) bond motifs is 1. The lowest BCUT2D eigenvalue weighted by atomic mass is 10.2. The molecule has 138 valence electrons. The highest BCUT2D eigenvalue weighted by Crippen LogP contribution is 2.29. The Bertz CT molecular complexity index is 1110. The minimum atomic E-state index is 0.0458. The van der Waals surface area contributed by atoms with E-state index in [0.717, 1.165) is 45.2 Å². The van der Waals surface area contributed by atoms with E-state index in [1.54, 1.807) is 13.3 Å². The normalized spacial score (nSPS) is 11.3. The van der Waals surface area contributed by atoms with Gasteiger partial charge in [0.25, 0.3) is 0 Å². The van der Waals surface area contributed by atoms with Gasteiger partial charge >= 0.3 is 0 Å². The maximum Gasteiger partial charge on any atom is 0.163 e. The number of aliphatic hydroxyl groups is 1. The highest BCUT2D eigenvalue weighted by Gasteiger charge is 2.18. The number of benzene rings is 1. The van der Waals surface area contributed by atoms with Gasteiger partial charge < -0.3 is 9.84 Å². The van der Waals surface area contributed by atoms with Gasteiger partial charge in [-0.05, 0) is 26.0 Å². The number of rotatable bonds is 5. The molecule has 4 rings (SSSR count). The van der Waals surface area contributed by atoms with Crippen molar-refractivity contribution in [2.45, 2.75) is 20.4 Å². The van der Waals surface area contributed by atoms with Crippen molar-refractivity contribution in [2.24, 2.45) is 0 Å². The Morgan fingerprint density at radius 1 is 1.15 bits per heavy atom. The Kier molecular flexibility index (Phi) is 4.37. The second kappa shape index (κ2) is 6.85. The molecule has 7 nitrogen and oxygen atoms in total. The molecule has 0 atom stereocenters. The molecule has 0 unspecified atom stereocenters. The van der Waals surface area contributed by atoms with Gasteiger partial charge in [0.2, 0.25) is 0 Å². The first-order valence-corrected chi connectivity index (χ1v) is 8.76. The molecule has 0 saturated heterocycles. The summed E-state index contributed by atoms with van der Waals surface area (Å²) in [4.78, 5) is 9.34. The molecule has 0 radical (unpaired) electrons. The van der Waals surface area contributed by atoms with Gasteiger partial charge in [-0.3, -0.25) is 9.25 Å². The molecule has 0 aliphatic carbocycles. The number of aliphatic hydroxyl groups excluding tert-OH is 1. The Morgan fingerprint density at radius 3 is 2.78 bits per heavy atom. The first-order chi connectivity index (χ1) is 13.1.